The number of hydrogen-bond acceptors (Lipinski definition) is 3. The fourth-order valence-corrected chi connectivity index (χ4v) is 0.745. The van der Waals surface area contributed by atoms with Crippen LogP contribution in [0.1, 0.15) is 34.1 Å². The molecule has 1 amide bonds. The lowest BCUT2D eigenvalue weighted by molar-refractivity contribution is -0.0350. The molecule has 4 nitrogen and oxygen atoms in total. The fourth-order valence-electron chi connectivity index (χ4n) is 0.745. The number of amides is 1. The van der Waals surface area contributed by atoms with Crippen LogP contribution >= 0.6 is 0 Å². The van der Waals surface area contributed by atoms with Gasteiger partial charge >= 0.3 is 6.09 Å². The van der Waals surface area contributed by atoms with Crippen LogP contribution in [0.5, 0.6) is 0 Å². The number of ether oxygens (including phenoxy) is 1. The monoisotopic (exact) mass is 213 g/mol. The molecule has 0 aromatic carbocycles. The van der Waals surface area contributed by atoms with Gasteiger partial charge in [-0.05, 0) is 33.8 Å². The summed E-state index contributed by atoms with van der Waals surface area (Å²) < 4.78 is 4.98. The predicted molar refractivity (Wildman–Crippen MR) is 58.2 cm³/mol. The molecule has 0 aromatic rings. The normalized spacial score (nSPS) is 12.5. The minimum absolute atomic E-state index is 0.133. The summed E-state index contributed by atoms with van der Waals surface area (Å²) in [6, 6.07) is 0. The average Bonchev–Trinajstić information content (AvgIpc) is 2.08. The summed E-state index contributed by atoms with van der Waals surface area (Å²) in [6.07, 6.45) is 1.66. The molecule has 0 unspecified atom stereocenters. The minimum atomic E-state index is -0.586. The van der Waals surface area contributed by atoms with E-state index >= 15 is 0 Å². The maximum Gasteiger partial charge on any atom is 0.431 e. The van der Waals surface area contributed by atoms with Gasteiger partial charge in [-0.15, -0.1) is 5.73 Å². The van der Waals surface area contributed by atoms with Crippen molar-refractivity contribution < 1.29 is 14.4 Å². The van der Waals surface area contributed by atoms with Crippen molar-refractivity contribution in [2.24, 2.45) is 0 Å². The van der Waals surface area contributed by atoms with E-state index in [9.17, 15) is 4.79 Å². The summed E-state index contributed by atoms with van der Waals surface area (Å²) in [5, 5.41) is 0. The standard InChI is InChI=1S/C11H19NO3/c1-6-7-8-9(2)15-12-10(13)14-11(3,4)5/h7,9H,1,8H2,2-5H3,(H,12,13)/t9-/m1/s1. The van der Waals surface area contributed by atoms with Crippen LogP contribution in [0.2, 0.25) is 0 Å². The highest BCUT2D eigenvalue weighted by Crippen LogP contribution is 2.06. The van der Waals surface area contributed by atoms with Gasteiger partial charge in [-0.1, -0.05) is 6.58 Å². The topological polar surface area (TPSA) is 47.6 Å². The Balaban J connectivity index is 3.76. The Hall–Kier alpha value is -1.25. The Labute approximate surface area is 90.9 Å². The molecule has 1 atom stereocenters. The SMILES string of the molecule is C=C=CC[C@@H](C)ONC(=O)OC(C)(C)C. The minimum Gasteiger partial charge on any atom is -0.442 e. The molecule has 0 aromatic heterocycles. The first kappa shape index (κ1) is 13.8. The van der Waals surface area contributed by atoms with Crippen LogP contribution in [-0.2, 0) is 9.57 Å². The maximum atomic E-state index is 11.1. The highest BCUT2D eigenvalue weighted by atomic mass is 16.7. The quantitative estimate of drug-likeness (QED) is 0.576. The Kier molecular flexibility index (Phi) is 5.75. The zero-order chi connectivity index (χ0) is 11.9. The van der Waals surface area contributed by atoms with Crippen molar-refractivity contribution in [3.8, 4) is 0 Å². The lowest BCUT2D eigenvalue weighted by atomic mass is 10.2. The van der Waals surface area contributed by atoms with Gasteiger partial charge in [-0.3, -0.25) is 4.84 Å². The third-order valence-corrected chi connectivity index (χ3v) is 1.34. The first-order valence-corrected chi connectivity index (χ1v) is 4.84. The van der Waals surface area contributed by atoms with Crippen molar-refractivity contribution in [2.45, 2.75) is 45.8 Å². The molecule has 0 bridgehead atoms. The number of carbonyl (C=O) groups is 1. The maximum absolute atomic E-state index is 11.1. The molecule has 0 saturated carbocycles. The number of carbonyl (C=O) groups excluding carboxylic acids is 1. The van der Waals surface area contributed by atoms with Crippen molar-refractivity contribution in [2.75, 3.05) is 0 Å². The second-order valence-electron chi connectivity index (χ2n) is 4.18. The molecule has 0 rings (SSSR count). The van der Waals surface area contributed by atoms with Crippen LogP contribution in [-0.4, -0.2) is 17.8 Å². The molecule has 0 aliphatic carbocycles. The van der Waals surface area contributed by atoms with Gasteiger partial charge in [-0.25, -0.2) is 4.79 Å². The number of rotatable bonds is 4. The largest absolute Gasteiger partial charge is 0.442 e. The Morgan fingerprint density at radius 1 is 1.60 bits per heavy atom. The average molecular weight is 213 g/mol. The second-order valence-corrected chi connectivity index (χ2v) is 4.18. The Bertz CT molecular complexity index is 249. The van der Waals surface area contributed by atoms with Crippen molar-refractivity contribution in [1.82, 2.24) is 5.48 Å². The van der Waals surface area contributed by atoms with Crippen LogP contribution in [0.15, 0.2) is 18.4 Å². The summed E-state index contributed by atoms with van der Waals surface area (Å²) in [6.45, 7) is 10.6. The summed E-state index contributed by atoms with van der Waals surface area (Å²) in [4.78, 5) is 16.2. The summed E-state index contributed by atoms with van der Waals surface area (Å²) in [5.74, 6) is 0. The van der Waals surface area contributed by atoms with Crippen molar-refractivity contribution in [3.05, 3.63) is 18.4 Å². The molecule has 0 saturated heterocycles. The number of hydroxylamine groups is 1. The smallest absolute Gasteiger partial charge is 0.431 e. The molecule has 0 radical (unpaired) electrons. The summed E-state index contributed by atoms with van der Waals surface area (Å²) >= 11 is 0. The van der Waals surface area contributed by atoms with Gasteiger partial charge in [0, 0.05) is 6.42 Å². The van der Waals surface area contributed by atoms with E-state index in [1.807, 2.05) is 6.92 Å². The Morgan fingerprint density at radius 2 is 2.20 bits per heavy atom. The Morgan fingerprint density at radius 3 is 2.67 bits per heavy atom. The molecule has 4 heteroatoms. The van der Waals surface area contributed by atoms with Crippen LogP contribution in [0.4, 0.5) is 4.79 Å². The van der Waals surface area contributed by atoms with Gasteiger partial charge < -0.3 is 4.74 Å². The molecular formula is C11H19NO3. The number of nitrogens with one attached hydrogen (secondary N) is 1. The molecule has 1 N–H and O–H groups in total. The first-order valence-electron chi connectivity index (χ1n) is 4.84. The van der Waals surface area contributed by atoms with E-state index < -0.39 is 11.7 Å². The lowest BCUT2D eigenvalue weighted by Gasteiger charge is -2.20. The molecule has 0 aliphatic rings. The summed E-state index contributed by atoms with van der Waals surface area (Å²) in [5.41, 5.74) is 4.33. The van der Waals surface area contributed by atoms with E-state index in [0.717, 1.165) is 0 Å². The van der Waals surface area contributed by atoms with Gasteiger partial charge in [0.25, 0.3) is 0 Å². The van der Waals surface area contributed by atoms with Crippen LogP contribution in [0, 0.1) is 0 Å². The summed E-state index contributed by atoms with van der Waals surface area (Å²) in [7, 11) is 0. The lowest BCUT2D eigenvalue weighted by Crippen LogP contribution is -2.34. The van der Waals surface area contributed by atoms with Crippen molar-refractivity contribution in [3.63, 3.8) is 0 Å². The molecular weight excluding hydrogens is 194 g/mol. The van der Waals surface area contributed by atoms with Gasteiger partial charge in [0.2, 0.25) is 0 Å². The van der Waals surface area contributed by atoms with Gasteiger partial charge in [0.05, 0.1) is 6.10 Å². The van der Waals surface area contributed by atoms with E-state index in [4.69, 9.17) is 9.57 Å². The van der Waals surface area contributed by atoms with Gasteiger partial charge in [0.15, 0.2) is 0 Å². The van der Waals surface area contributed by atoms with E-state index in [0.29, 0.717) is 6.42 Å². The third-order valence-electron chi connectivity index (χ3n) is 1.34. The van der Waals surface area contributed by atoms with E-state index in [1.165, 1.54) is 0 Å². The molecule has 0 spiro atoms. The molecule has 0 aliphatic heterocycles. The van der Waals surface area contributed by atoms with Crippen LogP contribution in [0.25, 0.3) is 0 Å². The zero-order valence-corrected chi connectivity index (χ0v) is 9.79. The first-order chi connectivity index (χ1) is 6.85. The van der Waals surface area contributed by atoms with E-state index in [2.05, 4.69) is 17.8 Å². The van der Waals surface area contributed by atoms with Crippen molar-refractivity contribution in [1.29, 1.82) is 0 Å². The fraction of sp³-hybridized carbons (Fsp3) is 0.636. The van der Waals surface area contributed by atoms with Gasteiger partial charge in [-0.2, -0.15) is 5.48 Å². The van der Waals surface area contributed by atoms with Crippen molar-refractivity contribution >= 4 is 6.09 Å². The van der Waals surface area contributed by atoms with E-state index in [1.54, 1.807) is 26.8 Å². The third kappa shape index (κ3) is 9.06. The second kappa shape index (κ2) is 6.27. The zero-order valence-electron chi connectivity index (χ0n) is 9.79. The molecule has 86 valence electrons. The van der Waals surface area contributed by atoms with E-state index in [-0.39, 0.29) is 6.10 Å². The molecule has 0 fully saturated rings. The number of hydrogen-bond donors (Lipinski definition) is 1. The van der Waals surface area contributed by atoms with Gasteiger partial charge in [0.1, 0.15) is 5.60 Å². The predicted octanol–water partition coefficient (Wildman–Crippen LogP) is 2.56. The highest BCUT2D eigenvalue weighted by Gasteiger charge is 2.16. The molecule has 15 heavy (non-hydrogen) atoms. The van der Waals surface area contributed by atoms with Crippen LogP contribution < -0.4 is 5.48 Å². The molecule has 0 heterocycles. The highest BCUT2D eigenvalue weighted by molar-refractivity contribution is 5.66. The van der Waals surface area contributed by atoms with Crippen LogP contribution in [0.3, 0.4) is 0 Å².